The van der Waals surface area contributed by atoms with Crippen molar-refractivity contribution in [1.29, 1.82) is 0 Å². The number of allylic oxidation sites excluding steroid dienone is 2. The summed E-state index contributed by atoms with van der Waals surface area (Å²) in [5.74, 6) is 0.738. The van der Waals surface area contributed by atoms with Crippen molar-refractivity contribution in [2.45, 2.75) is 83.8 Å². The molecule has 0 atom stereocenters. The van der Waals surface area contributed by atoms with Gasteiger partial charge in [-0.2, -0.15) is 0 Å². The number of fused-ring (bicyclic) bond motifs is 1. The highest BCUT2D eigenvalue weighted by Crippen LogP contribution is 2.32. The number of hydrogen-bond donors (Lipinski definition) is 4. The Morgan fingerprint density at radius 2 is 1.68 bits per heavy atom. The standard InChI is InChI=1S/C29H45N5/c1-20-15-23-16-21(9-7-8-14-30)10-11-22(23)17-25(20)26(31)12-13-27(32)34(6)24-18-28(2,3)33-29(4,5)19-24/h10-13,15-17,24,33H,7-9,14,18-19,30-32H2,1-6H3/b26-12-,27-13+. The second kappa shape index (κ2) is 10.4. The summed E-state index contributed by atoms with van der Waals surface area (Å²) in [6.45, 7) is 11.9. The van der Waals surface area contributed by atoms with Crippen LogP contribution >= 0.6 is 0 Å². The Balaban J connectivity index is 1.78. The predicted octanol–water partition coefficient (Wildman–Crippen LogP) is 4.77. The Hall–Kier alpha value is -2.50. The van der Waals surface area contributed by atoms with Gasteiger partial charge in [0.25, 0.3) is 0 Å². The number of nitrogens with zero attached hydrogens (tertiary/aromatic N) is 1. The molecule has 2 aromatic carbocycles. The van der Waals surface area contributed by atoms with Gasteiger partial charge >= 0.3 is 0 Å². The Morgan fingerprint density at radius 1 is 1.00 bits per heavy atom. The summed E-state index contributed by atoms with van der Waals surface area (Å²) >= 11 is 0. The number of nitrogens with one attached hydrogen (secondary N) is 1. The average molecular weight is 464 g/mol. The minimum Gasteiger partial charge on any atom is -0.398 e. The molecule has 3 rings (SSSR count). The van der Waals surface area contributed by atoms with E-state index in [0.717, 1.165) is 55.7 Å². The molecule has 5 heteroatoms. The first-order valence-electron chi connectivity index (χ1n) is 12.6. The van der Waals surface area contributed by atoms with Crippen molar-refractivity contribution in [3.63, 3.8) is 0 Å². The molecule has 1 saturated heterocycles. The van der Waals surface area contributed by atoms with Crippen molar-refractivity contribution in [2.75, 3.05) is 13.6 Å². The molecule has 7 N–H and O–H groups in total. The van der Waals surface area contributed by atoms with E-state index in [1.807, 2.05) is 12.2 Å². The highest BCUT2D eigenvalue weighted by atomic mass is 15.2. The molecule has 0 aliphatic carbocycles. The van der Waals surface area contributed by atoms with Gasteiger partial charge in [0, 0.05) is 35.4 Å². The minimum atomic E-state index is 0.0717. The van der Waals surface area contributed by atoms with Crippen LogP contribution in [0, 0.1) is 6.92 Å². The topological polar surface area (TPSA) is 93.3 Å². The van der Waals surface area contributed by atoms with Gasteiger partial charge in [-0.15, -0.1) is 0 Å². The largest absolute Gasteiger partial charge is 0.398 e. The molecule has 0 spiro atoms. The van der Waals surface area contributed by atoms with Gasteiger partial charge in [0.05, 0.1) is 5.82 Å². The van der Waals surface area contributed by atoms with Crippen molar-refractivity contribution in [2.24, 2.45) is 17.2 Å². The van der Waals surface area contributed by atoms with E-state index in [9.17, 15) is 0 Å². The Kier molecular flexibility index (Phi) is 7.99. The molecule has 1 aliphatic rings. The van der Waals surface area contributed by atoms with Crippen molar-refractivity contribution >= 4 is 16.5 Å². The summed E-state index contributed by atoms with van der Waals surface area (Å²) in [5.41, 5.74) is 23.1. The molecule has 0 amide bonds. The quantitative estimate of drug-likeness (QED) is 0.334. The molecular formula is C29H45N5. The Morgan fingerprint density at radius 3 is 2.32 bits per heavy atom. The second-order valence-corrected chi connectivity index (χ2v) is 11.4. The van der Waals surface area contributed by atoms with Crippen molar-refractivity contribution in [1.82, 2.24) is 10.2 Å². The third-order valence-electron chi connectivity index (χ3n) is 7.04. The number of benzene rings is 2. The number of piperidine rings is 1. The van der Waals surface area contributed by atoms with Crippen LogP contribution in [0.25, 0.3) is 16.5 Å². The Labute approximate surface area is 206 Å². The van der Waals surface area contributed by atoms with Crippen LogP contribution in [0.1, 0.15) is 70.1 Å². The van der Waals surface area contributed by atoms with Crippen LogP contribution < -0.4 is 22.5 Å². The summed E-state index contributed by atoms with van der Waals surface area (Å²) in [6, 6.07) is 11.5. The molecule has 0 unspecified atom stereocenters. The second-order valence-electron chi connectivity index (χ2n) is 11.4. The fourth-order valence-electron chi connectivity index (χ4n) is 5.54. The first kappa shape index (κ1) is 26.1. The van der Waals surface area contributed by atoms with Crippen LogP contribution in [0.3, 0.4) is 0 Å². The van der Waals surface area contributed by atoms with E-state index in [1.165, 1.54) is 21.9 Å². The summed E-state index contributed by atoms with van der Waals surface area (Å²) < 4.78 is 0. The summed E-state index contributed by atoms with van der Waals surface area (Å²) in [6.07, 6.45) is 9.23. The van der Waals surface area contributed by atoms with Gasteiger partial charge in [0.2, 0.25) is 0 Å². The normalized spacial score (nSPS) is 18.9. The van der Waals surface area contributed by atoms with Crippen LogP contribution in [-0.2, 0) is 6.42 Å². The molecule has 2 aromatic rings. The molecule has 1 heterocycles. The highest BCUT2D eigenvalue weighted by Gasteiger charge is 2.39. The van der Waals surface area contributed by atoms with E-state index in [-0.39, 0.29) is 11.1 Å². The summed E-state index contributed by atoms with van der Waals surface area (Å²) in [7, 11) is 2.09. The van der Waals surface area contributed by atoms with E-state index in [4.69, 9.17) is 17.2 Å². The average Bonchev–Trinajstić information content (AvgIpc) is 2.74. The van der Waals surface area contributed by atoms with Gasteiger partial charge in [0.1, 0.15) is 0 Å². The maximum Gasteiger partial charge on any atom is 0.0987 e. The predicted molar refractivity (Wildman–Crippen MR) is 147 cm³/mol. The van der Waals surface area contributed by atoms with E-state index in [2.05, 4.69) is 82.2 Å². The first-order valence-corrected chi connectivity index (χ1v) is 12.6. The van der Waals surface area contributed by atoms with E-state index >= 15 is 0 Å². The zero-order chi connectivity index (χ0) is 25.1. The van der Waals surface area contributed by atoms with Gasteiger partial charge in [-0.3, -0.25) is 0 Å². The van der Waals surface area contributed by atoms with Crippen LogP contribution in [-0.4, -0.2) is 35.6 Å². The maximum absolute atomic E-state index is 6.53. The number of unbranched alkanes of at least 4 members (excludes halogenated alkanes) is 1. The van der Waals surface area contributed by atoms with Gasteiger partial charge in [-0.25, -0.2) is 0 Å². The van der Waals surface area contributed by atoms with E-state index in [0.29, 0.717) is 6.04 Å². The number of aryl methyl sites for hydroxylation is 2. The molecule has 5 nitrogen and oxygen atoms in total. The Bertz CT molecular complexity index is 1050. The highest BCUT2D eigenvalue weighted by molar-refractivity contribution is 5.88. The fraction of sp³-hybridized carbons (Fsp3) is 0.517. The number of hydrogen-bond acceptors (Lipinski definition) is 5. The molecule has 0 aromatic heterocycles. The maximum atomic E-state index is 6.53. The lowest BCUT2D eigenvalue weighted by molar-refractivity contribution is 0.0981. The van der Waals surface area contributed by atoms with Crippen LogP contribution in [0.5, 0.6) is 0 Å². The summed E-state index contributed by atoms with van der Waals surface area (Å²) in [4.78, 5) is 2.20. The third kappa shape index (κ3) is 6.55. The van der Waals surface area contributed by atoms with Crippen molar-refractivity contribution in [3.8, 4) is 0 Å². The van der Waals surface area contributed by atoms with Crippen molar-refractivity contribution in [3.05, 3.63) is 65.0 Å². The van der Waals surface area contributed by atoms with Crippen LogP contribution in [0.15, 0.2) is 48.3 Å². The third-order valence-corrected chi connectivity index (χ3v) is 7.04. The molecule has 34 heavy (non-hydrogen) atoms. The zero-order valence-corrected chi connectivity index (χ0v) is 22.0. The number of rotatable bonds is 8. The smallest absolute Gasteiger partial charge is 0.0987 e. The minimum absolute atomic E-state index is 0.0717. The van der Waals surface area contributed by atoms with Gasteiger partial charge < -0.3 is 27.4 Å². The molecule has 186 valence electrons. The van der Waals surface area contributed by atoms with Crippen LogP contribution in [0.4, 0.5) is 0 Å². The zero-order valence-electron chi connectivity index (χ0n) is 22.0. The molecule has 1 aliphatic heterocycles. The number of nitrogens with two attached hydrogens (primary N) is 3. The lowest BCUT2D eigenvalue weighted by Crippen LogP contribution is -2.61. The lowest BCUT2D eigenvalue weighted by Gasteiger charge is -2.49. The fourth-order valence-corrected chi connectivity index (χ4v) is 5.54. The first-order chi connectivity index (χ1) is 15.9. The molecule has 0 bridgehead atoms. The molecular weight excluding hydrogens is 418 g/mol. The van der Waals surface area contributed by atoms with Gasteiger partial charge in [-0.05, 0) is 113 Å². The van der Waals surface area contributed by atoms with E-state index < -0.39 is 0 Å². The van der Waals surface area contributed by atoms with E-state index in [1.54, 1.807) is 0 Å². The van der Waals surface area contributed by atoms with Crippen molar-refractivity contribution < 1.29 is 0 Å². The molecule has 0 radical (unpaired) electrons. The lowest BCUT2D eigenvalue weighted by atomic mass is 9.79. The molecule has 1 fully saturated rings. The monoisotopic (exact) mass is 463 g/mol. The van der Waals surface area contributed by atoms with Crippen LogP contribution in [0.2, 0.25) is 0 Å². The van der Waals surface area contributed by atoms with Gasteiger partial charge in [0.15, 0.2) is 0 Å². The summed E-state index contributed by atoms with van der Waals surface area (Å²) in [5, 5.41) is 6.20. The SMILES string of the molecule is Cc1cc2cc(CCCCN)ccc2cc1/C(N)=C/C=C(\N)N(C)C1CC(C)(C)NC(C)(C)C1. The molecule has 0 saturated carbocycles. The van der Waals surface area contributed by atoms with Gasteiger partial charge in [-0.1, -0.05) is 24.3 Å².